The molecule has 56 valence electrons. The average Bonchev–Trinajstić information content (AvgIpc) is 2.11. The molecule has 0 aromatic heterocycles. The lowest BCUT2D eigenvalue weighted by Gasteiger charge is -2.18. The third-order valence-corrected chi connectivity index (χ3v) is 1.85. The summed E-state index contributed by atoms with van der Waals surface area (Å²) in [6.07, 6.45) is 2.19. The Kier molecular flexibility index (Phi) is 1.67. The van der Waals surface area contributed by atoms with E-state index in [0.29, 0.717) is 5.41 Å². The molecule has 1 aliphatic heterocycles. The van der Waals surface area contributed by atoms with E-state index < -0.39 is 0 Å². The minimum Gasteiger partial charge on any atom is -0.286 e. The molecule has 1 heterocycles. The minimum absolute atomic E-state index is 0.307. The van der Waals surface area contributed by atoms with Crippen LogP contribution in [0.25, 0.3) is 0 Å². The van der Waals surface area contributed by atoms with E-state index >= 15 is 0 Å². The smallest absolute Gasteiger partial charge is 0.0611 e. The summed E-state index contributed by atoms with van der Waals surface area (Å²) in [5, 5.41) is 0. The van der Waals surface area contributed by atoms with Crippen molar-refractivity contribution in [2.24, 2.45) is 10.4 Å². The lowest BCUT2D eigenvalue weighted by atomic mass is 9.87. The summed E-state index contributed by atoms with van der Waals surface area (Å²) >= 11 is 0. The van der Waals surface area contributed by atoms with Crippen molar-refractivity contribution in [2.75, 3.05) is 6.54 Å². The molecule has 0 N–H and O–H groups in total. The Hall–Kier alpha value is -0.590. The van der Waals surface area contributed by atoms with Gasteiger partial charge in [-0.05, 0) is 24.0 Å². The second-order valence-electron chi connectivity index (χ2n) is 3.88. The van der Waals surface area contributed by atoms with E-state index in [0.717, 1.165) is 6.54 Å². The molecule has 0 spiro atoms. The van der Waals surface area contributed by atoms with Crippen LogP contribution >= 0.6 is 0 Å². The van der Waals surface area contributed by atoms with E-state index in [1.807, 2.05) is 0 Å². The van der Waals surface area contributed by atoms with Crippen LogP contribution in [0.3, 0.4) is 0 Å². The number of allylic oxidation sites excluding steroid dienone is 1. The van der Waals surface area contributed by atoms with Crippen LogP contribution in [-0.4, -0.2) is 12.3 Å². The molecule has 0 aromatic carbocycles. The van der Waals surface area contributed by atoms with Gasteiger partial charge in [0.1, 0.15) is 0 Å². The van der Waals surface area contributed by atoms with Crippen LogP contribution in [-0.2, 0) is 0 Å². The zero-order chi connectivity index (χ0) is 7.78. The van der Waals surface area contributed by atoms with E-state index in [1.165, 1.54) is 11.3 Å². The molecule has 1 rings (SSSR count). The Morgan fingerprint density at radius 3 is 2.20 bits per heavy atom. The van der Waals surface area contributed by atoms with E-state index in [1.54, 1.807) is 0 Å². The monoisotopic (exact) mass is 137 g/mol. The van der Waals surface area contributed by atoms with Crippen molar-refractivity contribution in [2.45, 2.75) is 27.7 Å². The maximum Gasteiger partial charge on any atom is 0.0611 e. The second-order valence-corrected chi connectivity index (χ2v) is 3.88. The van der Waals surface area contributed by atoms with Crippen LogP contribution in [0.15, 0.2) is 16.6 Å². The van der Waals surface area contributed by atoms with Gasteiger partial charge in [0.2, 0.25) is 0 Å². The molecule has 10 heavy (non-hydrogen) atoms. The van der Waals surface area contributed by atoms with Crippen molar-refractivity contribution in [3.8, 4) is 0 Å². The zero-order valence-corrected chi connectivity index (χ0v) is 7.23. The molecule has 0 atom stereocenters. The highest BCUT2D eigenvalue weighted by Crippen LogP contribution is 2.27. The van der Waals surface area contributed by atoms with Gasteiger partial charge in [-0.15, -0.1) is 0 Å². The molecule has 1 heteroatoms. The van der Waals surface area contributed by atoms with Gasteiger partial charge in [0.25, 0.3) is 0 Å². The highest BCUT2D eigenvalue weighted by Gasteiger charge is 2.18. The average molecular weight is 137 g/mol. The minimum atomic E-state index is 0.307. The third-order valence-electron chi connectivity index (χ3n) is 1.85. The molecule has 0 fully saturated rings. The molecule has 0 unspecified atom stereocenters. The molecular weight excluding hydrogens is 122 g/mol. The SMILES string of the molecule is CC1=NCC(C(C)(C)C)=C1. The van der Waals surface area contributed by atoms with E-state index in [2.05, 4.69) is 38.8 Å². The van der Waals surface area contributed by atoms with Gasteiger partial charge in [-0.1, -0.05) is 20.8 Å². The molecule has 0 bridgehead atoms. The molecular formula is C9H15N. The van der Waals surface area contributed by atoms with Crippen molar-refractivity contribution < 1.29 is 0 Å². The summed E-state index contributed by atoms with van der Waals surface area (Å²) < 4.78 is 0. The molecule has 0 aliphatic carbocycles. The number of hydrogen-bond acceptors (Lipinski definition) is 1. The lowest BCUT2D eigenvalue weighted by molar-refractivity contribution is 0.499. The number of nitrogens with zero attached hydrogens (tertiary/aromatic N) is 1. The Bertz CT molecular complexity index is 191. The molecule has 0 radical (unpaired) electrons. The van der Waals surface area contributed by atoms with Crippen LogP contribution in [0.4, 0.5) is 0 Å². The van der Waals surface area contributed by atoms with Gasteiger partial charge in [-0.2, -0.15) is 0 Å². The maximum atomic E-state index is 4.31. The van der Waals surface area contributed by atoms with Gasteiger partial charge in [0.05, 0.1) is 6.54 Å². The Morgan fingerprint density at radius 1 is 1.40 bits per heavy atom. The molecule has 0 aromatic rings. The van der Waals surface area contributed by atoms with Gasteiger partial charge < -0.3 is 0 Å². The van der Waals surface area contributed by atoms with Crippen LogP contribution in [0, 0.1) is 5.41 Å². The van der Waals surface area contributed by atoms with Gasteiger partial charge in [-0.25, -0.2) is 0 Å². The summed E-state index contributed by atoms with van der Waals surface area (Å²) in [7, 11) is 0. The summed E-state index contributed by atoms with van der Waals surface area (Å²) in [6.45, 7) is 9.65. The van der Waals surface area contributed by atoms with Gasteiger partial charge >= 0.3 is 0 Å². The molecule has 1 nitrogen and oxygen atoms in total. The third kappa shape index (κ3) is 1.47. The number of rotatable bonds is 0. The maximum absolute atomic E-state index is 4.31. The fourth-order valence-corrected chi connectivity index (χ4v) is 1.01. The van der Waals surface area contributed by atoms with E-state index in [9.17, 15) is 0 Å². The second kappa shape index (κ2) is 2.22. The summed E-state index contributed by atoms with van der Waals surface area (Å²) in [6, 6.07) is 0. The van der Waals surface area contributed by atoms with Gasteiger partial charge in [0.15, 0.2) is 0 Å². The van der Waals surface area contributed by atoms with Gasteiger partial charge in [-0.3, -0.25) is 4.99 Å². The van der Waals surface area contributed by atoms with Crippen LogP contribution in [0.2, 0.25) is 0 Å². The quantitative estimate of drug-likeness (QED) is 0.486. The Balaban J connectivity index is 2.73. The summed E-state index contributed by atoms with van der Waals surface area (Å²) in [5.41, 5.74) is 2.93. The largest absolute Gasteiger partial charge is 0.286 e. The number of aliphatic imine (C=N–C) groups is 1. The molecule has 0 saturated heterocycles. The Morgan fingerprint density at radius 2 is 2.00 bits per heavy atom. The van der Waals surface area contributed by atoms with Crippen molar-refractivity contribution in [1.29, 1.82) is 0 Å². The predicted octanol–water partition coefficient (Wildman–Crippen LogP) is 2.43. The molecule has 0 amide bonds. The van der Waals surface area contributed by atoms with Gasteiger partial charge in [0, 0.05) is 5.71 Å². The normalized spacial score (nSPS) is 18.8. The van der Waals surface area contributed by atoms with Crippen molar-refractivity contribution in [3.05, 3.63) is 11.6 Å². The van der Waals surface area contributed by atoms with Crippen LogP contribution in [0.1, 0.15) is 27.7 Å². The first-order chi connectivity index (χ1) is 4.50. The highest BCUT2D eigenvalue weighted by molar-refractivity contribution is 5.95. The standard InChI is InChI=1S/C9H15N/c1-7-5-8(6-10-7)9(2,3)4/h5H,6H2,1-4H3. The fourth-order valence-electron chi connectivity index (χ4n) is 1.01. The zero-order valence-electron chi connectivity index (χ0n) is 7.23. The van der Waals surface area contributed by atoms with Crippen molar-refractivity contribution in [3.63, 3.8) is 0 Å². The van der Waals surface area contributed by atoms with E-state index in [4.69, 9.17) is 0 Å². The Labute approximate surface area is 62.9 Å². The van der Waals surface area contributed by atoms with Crippen molar-refractivity contribution in [1.82, 2.24) is 0 Å². The summed E-state index contributed by atoms with van der Waals surface area (Å²) in [5.74, 6) is 0. The summed E-state index contributed by atoms with van der Waals surface area (Å²) in [4.78, 5) is 4.31. The van der Waals surface area contributed by atoms with Crippen LogP contribution in [0.5, 0.6) is 0 Å². The topological polar surface area (TPSA) is 12.4 Å². The number of hydrogen-bond donors (Lipinski definition) is 0. The fraction of sp³-hybridized carbons (Fsp3) is 0.667. The first kappa shape index (κ1) is 7.52. The lowest BCUT2D eigenvalue weighted by Crippen LogP contribution is -2.09. The predicted molar refractivity (Wildman–Crippen MR) is 45.5 cm³/mol. The van der Waals surface area contributed by atoms with Crippen molar-refractivity contribution >= 4 is 5.71 Å². The first-order valence-corrected chi connectivity index (χ1v) is 3.72. The molecule has 0 saturated carbocycles. The van der Waals surface area contributed by atoms with Crippen LogP contribution < -0.4 is 0 Å². The first-order valence-electron chi connectivity index (χ1n) is 3.72. The molecule has 1 aliphatic rings. The van der Waals surface area contributed by atoms with E-state index in [-0.39, 0.29) is 0 Å². The highest BCUT2D eigenvalue weighted by atomic mass is 14.8.